The Kier molecular flexibility index (Phi) is 4.76. The van der Waals surface area contributed by atoms with Crippen molar-refractivity contribution in [1.82, 2.24) is 24.8 Å². The van der Waals surface area contributed by atoms with Crippen LogP contribution in [0.15, 0.2) is 41.1 Å². The highest BCUT2D eigenvalue weighted by molar-refractivity contribution is 5.62. The second-order valence-electron chi connectivity index (χ2n) is 6.42. The van der Waals surface area contributed by atoms with Gasteiger partial charge in [-0.25, -0.2) is 0 Å². The third kappa shape index (κ3) is 3.71. The number of hydrogen-bond acceptors (Lipinski definition) is 5. The van der Waals surface area contributed by atoms with E-state index in [9.17, 15) is 0 Å². The average molecular weight is 325 g/mol. The topological polar surface area (TPSA) is 60.0 Å². The highest BCUT2D eigenvalue weighted by Gasteiger charge is 2.15. The minimum atomic E-state index is 0.274. The molecule has 0 radical (unpaired) electrons. The van der Waals surface area contributed by atoms with Crippen LogP contribution in [0, 0.1) is 0 Å². The summed E-state index contributed by atoms with van der Waals surface area (Å²) in [6, 6.07) is 10.2. The maximum atomic E-state index is 5.33. The molecule has 0 amide bonds. The van der Waals surface area contributed by atoms with Crippen LogP contribution in [0.5, 0.6) is 0 Å². The van der Waals surface area contributed by atoms with Gasteiger partial charge in [-0.05, 0) is 7.05 Å². The summed E-state index contributed by atoms with van der Waals surface area (Å²) in [5.41, 5.74) is 3.31. The summed E-state index contributed by atoms with van der Waals surface area (Å²) in [5.74, 6) is 1.67. The molecule has 0 bridgehead atoms. The normalized spacial score (nSPS) is 11.6. The van der Waals surface area contributed by atoms with Crippen molar-refractivity contribution in [2.75, 3.05) is 7.05 Å². The Morgan fingerprint density at radius 2 is 1.92 bits per heavy atom. The number of aryl methyl sites for hydroxylation is 1. The number of rotatable bonds is 6. The lowest BCUT2D eigenvalue weighted by molar-refractivity contribution is 0.260. The van der Waals surface area contributed by atoms with Gasteiger partial charge in [0.15, 0.2) is 5.82 Å². The molecular formula is C18H23N5O. The van der Waals surface area contributed by atoms with Crippen molar-refractivity contribution in [3.63, 3.8) is 0 Å². The van der Waals surface area contributed by atoms with E-state index in [1.54, 1.807) is 0 Å². The van der Waals surface area contributed by atoms with Gasteiger partial charge in [0.2, 0.25) is 5.89 Å². The minimum absolute atomic E-state index is 0.274. The molecule has 0 aliphatic rings. The molecule has 3 aromatic rings. The first-order valence-corrected chi connectivity index (χ1v) is 8.12. The molecule has 2 heterocycles. The Hall–Kier alpha value is -2.47. The van der Waals surface area contributed by atoms with Crippen molar-refractivity contribution in [3.05, 3.63) is 53.8 Å². The van der Waals surface area contributed by atoms with Crippen molar-refractivity contribution in [1.29, 1.82) is 0 Å². The number of nitrogens with zero attached hydrogens (tertiary/aromatic N) is 5. The van der Waals surface area contributed by atoms with Gasteiger partial charge in [-0.1, -0.05) is 49.3 Å². The molecule has 0 aliphatic heterocycles. The summed E-state index contributed by atoms with van der Waals surface area (Å²) in [4.78, 5) is 6.59. The van der Waals surface area contributed by atoms with E-state index in [0.717, 1.165) is 23.6 Å². The fourth-order valence-electron chi connectivity index (χ4n) is 2.64. The van der Waals surface area contributed by atoms with E-state index in [1.807, 2.05) is 37.0 Å². The maximum Gasteiger partial charge on any atom is 0.240 e. The Morgan fingerprint density at radius 3 is 2.58 bits per heavy atom. The molecule has 1 aromatic carbocycles. The third-order valence-electron chi connectivity index (χ3n) is 3.80. The van der Waals surface area contributed by atoms with Crippen LogP contribution in [0.4, 0.5) is 0 Å². The second-order valence-corrected chi connectivity index (χ2v) is 6.42. The Bertz CT molecular complexity index is 791. The van der Waals surface area contributed by atoms with Crippen LogP contribution >= 0.6 is 0 Å². The van der Waals surface area contributed by atoms with Gasteiger partial charge in [-0.15, -0.1) is 0 Å². The van der Waals surface area contributed by atoms with Crippen LogP contribution in [0.2, 0.25) is 0 Å². The van der Waals surface area contributed by atoms with Gasteiger partial charge < -0.3 is 4.52 Å². The lowest BCUT2D eigenvalue weighted by atomic mass is 10.1. The van der Waals surface area contributed by atoms with Gasteiger partial charge in [0.05, 0.1) is 12.2 Å². The summed E-state index contributed by atoms with van der Waals surface area (Å²) in [7, 11) is 3.99. The van der Waals surface area contributed by atoms with E-state index in [1.165, 1.54) is 5.56 Å². The van der Waals surface area contributed by atoms with Gasteiger partial charge >= 0.3 is 0 Å². The standard InChI is InChI=1S/C18H23N5O/c1-13(2)18-19-16(24-21-18)12-22(3)10-15-11-23(4)20-17(15)14-8-6-5-7-9-14/h5-9,11,13H,10,12H2,1-4H3. The lowest BCUT2D eigenvalue weighted by Gasteiger charge is -2.14. The highest BCUT2D eigenvalue weighted by Crippen LogP contribution is 2.23. The molecule has 24 heavy (non-hydrogen) atoms. The first-order chi connectivity index (χ1) is 11.5. The second kappa shape index (κ2) is 6.97. The number of hydrogen-bond donors (Lipinski definition) is 0. The fourth-order valence-corrected chi connectivity index (χ4v) is 2.64. The van der Waals surface area contributed by atoms with E-state index in [4.69, 9.17) is 4.52 Å². The molecule has 2 aromatic heterocycles. The van der Waals surface area contributed by atoms with Crippen molar-refractivity contribution < 1.29 is 4.52 Å². The predicted molar refractivity (Wildman–Crippen MR) is 92.2 cm³/mol. The van der Waals surface area contributed by atoms with Crippen LogP contribution in [-0.2, 0) is 20.1 Å². The Morgan fingerprint density at radius 1 is 1.17 bits per heavy atom. The Balaban J connectivity index is 1.73. The van der Waals surface area contributed by atoms with Crippen molar-refractivity contribution >= 4 is 0 Å². The SMILES string of the molecule is CC(C)c1noc(CN(C)Cc2cn(C)nc2-c2ccccc2)n1. The maximum absolute atomic E-state index is 5.33. The zero-order chi connectivity index (χ0) is 17.1. The smallest absolute Gasteiger partial charge is 0.240 e. The van der Waals surface area contributed by atoms with E-state index < -0.39 is 0 Å². The molecule has 6 heteroatoms. The summed E-state index contributed by atoms with van der Waals surface area (Å²) in [6.45, 7) is 5.49. The first-order valence-electron chi connectivity index (χ1n) is 8.12. The average Bonchev–Trinajstić information content (AvgIpc) is 3.15. The molecule has 0 saturated carbocycles. The molecule has 0 saturated heterocycles. The number of aromatic nitrogens is 4. The van der Waals surface area contributed by atoms with Gasteiger partial charge in [0.25, 0.3) is 0 Å². The van der Waals surface area contributed by atoms with Crippen molar-refractivity contribution in [2.45, 2.75) is 32.9 Å². The summed E-state index contributed by atoms with van der Waals surface area (Å²) < 4.78 is 7.19. The minimum Gasteiger partial charge on any atom is -0.338 e. The van der Waals surface area contributed by atoms with Crippen molar-refractivity contribution in [3.8, 4) is 11.3 Å². The van der Waals surface area contributed by atoms with Gasteiger partial charge in [0.1, 0.15) is 0 Å². The van der Waals surface area contributed by atoms with E-state index in [0.29, 0.717) is 12.4 Å². The van der Waals surface area contributed by atoms with Crippen LogP contribution in [0.25, 0.3) is 11.3 Å². The zero-order valence-electron chi connectivity index (χ0n) is 14.6. The molecule has 0 atom stereocenters. The monoisotopic (exact) mass is 325 g/mol. The van der Waals surface area contributed by atoms with E-state index in [2.05, 4.69) is 52.3 Å². The quantitative estimate of drug-likeness (QED) is 0.696. The molecule has 0 aliphatic carbocycles. The molecule has 126 valence electrons. The van der Waals surface area contributed by atoms with Crippen LogP contribution in [0.3, 0.4) is 0 Å². The number of benzene rings is 1. The third-order valence-corrected chi connectivity index (χ3v) is 3.80. The van der Waals surface area contributed by atoms with Gasteiger partial charge in [-0.2, -0.15) is 10.1 Å². The van der Waals surface area contributed by atoms with E-state index in [-0.39, 0.29) is 5.92 Å². The van der Waals surface area contributed by atoms with Crippen LogP contribution in [-0.4, -0.2) is 31.9 Å². The van der Waals surface area contributed by atoms with Crippen molar-refractivity contribution in [2.24, 2.45) is 7.05 Å². The van der Waals surface area contributed by atoms with Gasteiger partial charge in [-0.3, -0.25) is 9.58 Å². The molecule has 0 spiro atoms. The molecule has 3 rings (SSSR count). The molecular weight excluding hydrogens is 302 g/mol. The summed E-state index contributed by atoms with van der Waals surface area (Å²) >= 11 is 0. The Labute approximate surface area is 142 Å². The van der Waals surface area contributed by atoms with Crippen LogP contribution < -0.4 is 0 Å². The van der Waals surface area contributed by atoms with Gasteiger partial charge in [0, 0.05) is 36.8 Å². The highest BCUT2D eigenvalue weighted by atomic mass is 16.5. The van der Waals surface area contributed by atoms with E-state index >= 15 is 0 Å². The molecule has 6 nitrogen and oxygen atoms in total. The summed E-state index contributed by atoms with van der Waals surface area (Å²) in [6.07, 6.45) is 2.06. The lowest BCUT2D eigenvalue weighted by Crippen LogP contribution is -2.17. The summed E-state index contributed by atoms with van der Waals surface area (Å²) in [5, 5.41) is 8.62. The fraction of sp³-hybridized carbons (Fsp3) is 0.389. The molecule has 0 N–H and O–H groups in total. The largest absolute Gasteiger partial charge is 0.338 e. The zero-order valence-corrected chi connectivity index (χ0v) is 14.6. The molecule has 0 fully saturated rings. The predicted octanol–water partition coefficient (Wildman–Crippen LogP) is 3.23. The van der Waals surface area contributed by atoms with Crippen LogP contribution in [0.1, 0.15) is 37.0 Å². The first kappa shape index (κ1) is 16.4. The molecule has 0 unspecified atom stereocenters.